The third-order valence-corrected chi connectivity index (χ3v) is 3.27. The summed E-state index contributed by atoms with van der Waals surface area (Å²) in [5, 5.41) is 5.07. The molecule has 6 nitrogen and oxygen atoms in total. The highest BCUT2D eigenvalue weighted by atomic mass is 16.5. The lowest BCUT2D eigenvalue weighted by Crippen LogP contribution is -2.44. The predicted octanol–water partition coefficient (Wildman–Crippen LogP) is 1.51. The minimum absolute atomic E-state index is 0.172. The van der Waals surface area contributed by atoms with E-state index in [2.05, 4.69) is 10.6 Å². The number of hydrogen-bond donors (Lipinski definition) is 2. The largest absolute Gasteiger partial charge is 0.494 e. The fraction of sp³-hybridized carbons (Fsp3) is 0.500. The maximum absolute atomic E-state index is 11.8. The van der Waals surface area contributed by atoms with Gasteiger partial charge in [-0.3, -0.25) is 15.0 Å². The van der Waals surface area contributed by atoms with Crippen LogP contribution in [0.5, 0.6) is 5.75 Å². The van der Waals surface area contributed by atoms with Gasteiger partial charge in [0.15, 0.2) is 0 Å². The molecule has 6 heteroatoms. The molecule has 1 fully saturated rings. The summed E-state index contributed by atoms with van der Waals surface area (Å²) in [4.78, 5) is 25.1. The van der Waals surface area contributed by atoms with Crippen LogP contribution in [0.2, 0.25) is 0 Å². The third-order valence-electron chi connectivity index (χ3n) is 3.27. The molecule has 2 N–H and O–H groups in total. The molecule has 0 saturated heterocycles. The van der Waals surface area contributed by atoms with Crippen LogP contribution < -0.4 is 15.4 Å². The maximum atomic E-state index is 11.8. The molecule has 0 unspecified atom stereocenters. The van der Waals surface area contributed by atoms with Crippen LogP contribution in [0.3, 0.4) is 0 Å². The zero-order valence-corrected chi connectivity index (χ0v) is 13.1. The van der Waals surface area contributed by atoms with Crippen molar-refractivity contribution < 1.29 is 14.3 Å². The van der Waals surface area contributed by atoms with Crippen molar-refractivity contribution in [2.75, 3.05) is 20.2 Å². The zero-order chi connectivity index (χ0) is 15.9. The van der Waals surface area contributed by atoms with Crippen LogP contribution in [0, 0.1) is 0 Å². The summed E-state index contributed by atoms with van der Waals surface area (Å²) in [5.41, 5.74) is 1.08. The lowest BCUT2D eigenvalue weighted by molar-refractivity contribution is -0.120. The Labute approximate surface area is 130 Å². The van der Waals surface area contributed by atoms with Crippen molar-refractivity contribution in [3.63, 3.8) is 0 Å². The molecule has 3 amide bonds. The van der Waals surface area contributed by atoms with Crippen LogP contribution in [-0.4, -0.2) is 43.1 Å². The summed E-state index contributed by atoms with van der Waals surface area (Å²) in [6.07, 6.45) is 2.00. The average Bonchev–Trinajstić information content (AvgIpc) is 3.24. The predicted molar refractivity (Wildman–Crippen MR) is 83.6 cm³/mol. The highest BCUT2D eigenvalue weighted by Gasteiger charge is 2.24. The van der Waals surface area contributed by atoms with Gasteiger partial charge in [-0.15, -0.1) is 0 Å². The molecular weight excluding hydrogens is 282 g/mol. The Morgan fingerprint density at radius 2 is 1.95 bits per heavy atom. The number of likely N-dealkylation sites (N-methyl/N-ethyl adjacent to an activating group) is 1. The minimum Gasteiger partial charge on any atom is -0.494 e. The van der Waals surface area contributed by atoms with E-state index in [0.29, 0.717) is 13.2 Å². The first kappa shape index (κ1) is 16.3. The number of carbonyl (C=O) groups excluding carboxylic acids is 2. The van der Waals surface area contributed by atoms with Gasteiger partial charge in [-0.1, -0.05) is 12.1 Å². The highest BCUT2D eigenvalue weighted by molar-refractivity contribution is 5.95. The van der Waals surface area contributed by atoms with E-state index in [0.717, 1.165) is 24.2 Å². The smallest absolute Gasteiger partial charge is 0.321 e. The second-order valence-electron chi connectivity index (χ2n) is 5.55. The molecule has 0 aromatic heterocycles. The Morgan fingerprint density at radius 3 is 2.55 bits per heavy atom. The number of amides is 3. The highest BCUT2D eigenvalue weighted by Crippen LogP contribution is 2.18. The number of nitrogens with one attached hydrogen (secondary N) is 2. The molecule has 1 saturated carbocycles. The van der Waals surface area contributed by atoms with E-state index in [1.54, 1.807) is 0 Å². The number of nitrogens with zero attached hydrogens (tertiary/aromatic N) is 1. The van der Waals surface area contributed by atoms with Gasteiger partial charge < -0.3 is 10.1 Å². The van der Waals surface area contributed by atoms with E-state index in [-0.39, 0.29) is 18.5 Å². The Balaban J connectivity index is 1.72. The number of urea groups is 1. The molecule has 0 heterocycles. The number of rotatable bonds is 7. The maximum Gasteiger partial charge on any atom is 0.321 e. The van der Waals surface area contributed by atoms with E-state index in [1.165, 1.54) is 0 Å². The Kier molecular flexibility index (Phi) is 5.77. The topological polar surface area (TPSA) is 70.7 Å². The molecular formula is C16H23N3O3. The van der Waals surface area contributed by atoms with Crippen molar-refractivity contribution in [2.45, 2.75) is 32.4 Å². The Bertz CT molecular complexity index is 512. The van der Waals surface area contributed by atoms with Crippen molar-refractivity contribution >= 4 is 11.9 Å². The number of carbonyl (C=O) groups is 2. The monoisotopic (exact) mass is 305 g/mol. The van der Waals surface area contributed by atoms with E-state index in [4.69, 9.17) is 4.74 Å². The van der Waals surface area contributed by atoms with E-state index < -0.39 is 6.03 Å². The van der Waals surface area contributed by atoms with Crippen molar-refractivity contribution in [1.82, 2.24) is 15.5 Å². The summed E-state index contributed by atoms with van der Waals surface area (Å²) in [6, 6.07) is 7.61. The first-order valence-electron chi connectivity index (χ1n) is 7.57. The summed E-state index contributed by atoms with van der Waals surface area (Å²) < 4.78 is 5.39. The molecule has 0 spiro atoms. The van der Waals surface area contributed by atoms with E-state index in [9.17, 15) is 9.59 Å². The van der Waals surface area contributed by atoms with Gasteiger partial charge in [0.25, 0.3) is 0 Å². The number of hydrogen-bond acceptors (Lipinski definition) is 4. The van der Waals surface area contributed by atoms with Crippen LogP contribution >= 0.6 is 0 Å². The molecule has 0 aliphatic heterocycles. The minimum atomic E-state index is -0.401. The standard InChI is InChI=1S/C16H23N3O3/c1-3-22-14-8-4-12(5-9-14)10-19(2)11-15(20)18-16(21)17-13-6-7-13/h4-5,8-9,13H,3,6-7,10-11H2,1-2H3,(H2,17,18,20,21). The molecule has 1 aromatic rings. The van der Waals surface area contributed by atoms with Gasteiger partial charge in [0.1, 0.15) is 5.75 Å². The second kappa shape index (κ2) is 7.79. The Morgan fingerprint density at radius 1 is 1.27 bits per heavy atom. The summed E-state index contributed by atoms with van der Waals surface area (Å²) >= 11 is 0. The van der Waals surface area contributed by atoms with E-state index >= 15 is 0 Å². The lowest BCUT2D eigenvalue weighted by atomic mass is 10.2. The third kappa shape index (κ3) is 5.73. The first-order chi connectivity index (χ1) is 10.6. The van der Waals surface area contributed by atoms with Gasteiger partial charge in [0.2, 0.25) is 5.91 Å². The van der Waals surface area contributed by atoms with Crippen molar-refractivity contribution in [3.05, 3.63) is 29.8 Å². The lowest BCUT2D eigenvalue weighted by Gasteiger charge is -2.16. The van der Waals surface area contributed by atoms with Gasteiger partial charge in [-0.25, -0.2) is 4.79 Å². The van der Waals surface area contributed by atoms with Crippen molar-refractivity contribution in [2.24, 2.45) is 0 Å². The van der Waals surface area contributed by atoms with Gasteiger partial charge in [-0.05, 0) is 44.5 Å². The zero-order valence-electron chi connectivity index (χ0n) is 13.1. The molecule has 22 heavy (non-hydrogen) atoms. The van der Waals surface area contributed by atoms with Gasteiger partial charge >= 0.3 is 6.03 Å². The first-order valence-corrected chi connectivity index (χ1v) is 7.57. The van der Waals surface area contributed by atoms with Crippen LogP contribution in [-0.2, 0) is 11.3 Å². The SMILES string of the molecule is CCOc1ccc(CN(C)CC(=O)NC(=O)NC2CC2)cc1. The quantitative estimate of drug-likeness (QED) is 0.801. The number of benzene rings is 1. The number of imide groups is 1. The fourth-order valence-corrected chi connectivity index (χ4v) is 2.09. The average molecular weight is 305 g/mol. The molecule has 0 radical (unpaired) electrons. The molecule has 0 bridgehead atoms. The molecule has 1 aliphatic carbocycles. The van der Waals surface area contributed by atoms with Crippen LogP contribution in [0.1, 0.15) is 25.3 Å². The van der Waals surface area contributed by atoms with Gasteiger partial charge in [-0.2, -0.15) is 0 Å². The van der Waals surface area contributed by atoms with Gasteiger partial charge in [0.05, 0.1) is 13.2 Å². The van der Waals surface area contributed by atoms with Crippen LogP contribution in [0.4, 0.5) is 4.79 Å². The van der Waals surface area contributed by atoms with Crippen molar-refractivity contribution in [3.8, 4) is 5.75 Å². The molecule has 1 aromatic carbocycles. The molecule has 2 rings (SSSR count). The summed E-state index contributed by atoms with van der Waals surface area (Å²) in [7, 11) is 1.84. The normalized spacial score (nSPS) is 13.8. The molecule has 120 valence electrons. The Hall–Kier alpha value is -2.08. The summed E-state index contributed by atoms with van der Waals surface area (Å²) in [6.45, 7) is 3.39. The van der Waals surface area contributed by atoms with E-state index in [1.807, 2.05) is 43.1 Å². The second-order valence-corrected chi connectivity index (χ2v) is 5.55. The van der Waals surface area contributed by atoms with Crippen LogP contribution in [0.25, 0.3) is 0 Å². The molecule has 0 atom stereocenters. The van der Waals surface area contributed by atoms with Crippen LogP contribution in [0.15, 0.2) is 24.3 Å². The number of ether oxygens (including phenoxy) is 1. The summed E-state index contributed by atoms with van der Waals surface area (Å²) in [5.74, 6) is 0.537. The van der Waals surface area contributed by atoms with Gasteiger partial charge in [0, 0.05) is 12.6 Å². The fourth-order valence-electron chi connectivity index (χ4n) is 2.09. The molecule has 1 aliphatic rings. The van der Waals surface area contributed by atoms with Crippen molar-refractivity contribution in [1.29, 1.82) is 0 Å².